The average molecular weight is 1860 g/mol. The Balaban J connectivity index is 1.19. The zero-order valence-electron chi connectivity index (χ0n) is 74.4. The SMILES string of the molecule is CCCC[C@H]1C(=O)N(C)[C@@H](CCCC)C(=O)N[C@@H](CCC(=O)O)C(=O)N[C@H](C(=O)NCC(N)=O)CSCC(=O)N[C@@H](Cc2ccc(O)cc2)C(=O)N(C)[C@@H](C)C(=O)N[C@@H](CC(N)=O)C(=O)N2CCC[C@H]2C(=O)N[C@@H](CO)C(=O)N[C@@H](CCC(N)=O)C(=O)N2C[C@H](O)C[C@H]2C(=O)N[C@@H](Cc2c[nH]c3ccccc23)C(=O)N[C@@H](CCN)C(=O)N[C@@H](Cc2c[nH]c3ccccc23)C(=O)N1C. The fourth-order valence-corrected chi connectivity index (χ4v) is 16.8. The summed E-state index contributed by atoms with van der Waals surface area (Å²) in [5.74, 6) is -21.2. The Morgan fingerprint density at radius 1 is 0.508 bits per heavy atom. The third-order valence-corrected chi connectivity index (χ3v) is 24.5. The number of hydrogen-bond acceptors (Lipinski definition) is 24. The summed E-state index contributed by atoms with van der Waals surface area (Å²) in [5, 5.41) is 68.9. The van der Waals surface area contributed by atoms with Crippen molar-refractivity contribution in [3.63, 3.8) is 0 Å². The van der Waals surface area contributed by atoms with Crippen molar-refractivity contribution in [2.24, 2.45) is 22.9 Å². The number of aromatic nitrogens is 2. The Kier molecular flexibility index (Phi) is 39.1. The van der Waals surface area contributed by atoms with Gasteiger partial charge in [0.25, 0.3) is 0 Å². The van der Waals surface area contributed by atoms with Crippen molar-refractivity contribution in [1.82, 2.24) is 87.6 Å². The molecule has 0 radical (unpaired) electrons. The van der Waals surface area contributed by atoms with E-state index in [0.29, 0.717) is 69.5 Å². The van der Waals surface area contributed by atoms with Gasteiger partial charge in [0.05, 0.1) is 31.4 Å². The van der Waals surface area contributed by atoms with E-state index in [1.165, 1.54) is 52.3 Å². The van der Waals surface area contributed by atoms with E-state index in [0.717, 1.165) is 24.5 Å². The summed E-state index contributed by atoms with van der Waals surface area (Å²) in [7, 11) is 3.78. The van der Waals surface area contributed by atoms with Crippen LogP contribution in [0.2, 0.25) is 0 Å². The van der Waals surface area contributed by atoms with Crippen LogP contribution in [-0.2, 0) is 110 Å². The van der Waals surface area contributed by atoms with E-state index < -0.39 is 273 Å². The molecule has 44 nitrogen and oxygen atoms in total. The first-order chi connectivity index (χ1) is 62.8. The van der Waals surface area contributed by atoms with Crippen molar-refractivity contribution >= 4 is 146 Å². The number of carbonyl (C=O) groups is 19. The Morgan fingerprint density at radius 2 is 1.02 bits per heavy atom. The maximum Gasteiger partial charge on any atom is 0.303 e. The van der Waals surface area contributed by atoms with Crippen molar-refractivity contribution in [2.45, 2.75) is 227 Å². The normalized spacial score (nSPS) is 25.0. The molecule has 8 rings (SSSR count). The number of aromatic hydroxyl groups is 1. The van der Waals surface area contributed by atoms with Crippen LogP contribution < -0.4 is 76.1 Å². The lowest BCUT2D eigenvalue weighted by atomic mass is 9.99. The van der Waals surface area contributed by atoms with Crippen LogP contribution in [0.5, 0.6) is 5.75 Å². The smallest absolute Gasteiger partial charge is 0.303 e. The number of carboxylic acids is 1. The van der Waals surface area contributed by atoms with Gasteiger partial charge in [-0.15, -0.1) is 11.8 Å². The number of nitrogens with two attached hydrogens (primary N) is 4. The van der Waals surface area contributed by atoms with Crippen molar-refractivity contribution in [2.75, 3.05) is 65.4 Å². The summed E-state index contributed by atoms with van der Waals surface area (Å²) in [6.07, 6.45) is -2.05. The molecule has 2 aromatic heterocycles. The van der Waals surface area contributed by atoms with Crippen molar-refractivity contribution in [3.05, 3.63) is 102 Å². The molecule has 3 aliphatic heterocycles. The monoisotopic (exact) mass is 1860 g/mol. The van der Waals surface area contributed by atoms with Gasteiger partial charge in [-0.05, 0) is 99.4 Å². The van der Waals surface area contributed by atoms with E-state index in [1.807, 2.05) is 6.92 Å². The van der Waals surface area contributed by atoms with Crippen LogP contribution in [0, 0.1) is 0 Å². The molecule has 718 valence electrons. The predicted molar refractivity (Wildman–Crippen MR) is 478 cm³/mol. The molecule has 0 bridgehead atoms. The van der Waals surface area contributed by atoms with Gasteiger partial charge in [0.1, 0.15) is 90.3 Å². The first-order valence-electron chi connectivity index (χ1n) is 43.7. The van der Waals surface area contributed by atoms with Crippen LogP contribution in [0.3, 0.4) is 0 Å². The van der Waals surface area contributed by atoms with Gasteiger partial charge in [0.15, 0.2) is 0 Å². The zero-order valence-corrected chi connectivity index (χ0v) is 75.2. The number of phenolic OH excluding ortho intramolecular Hbond substituents is 1. The van der Waals surface area contributed by atoms with Gasteiger partial charge in [-0.25, -0.2) is 0 Å². The highest BCUT2D eigenvalue weighted by atomic mass is 32.2. The number of benzene rings is 3. The highest BCUT2D eigenvalue weighted by Crippen LogP contribution is 2.28. The molecule has 45 heteroatoms. The molecule has 3 aliphatic rings. The number of amides is 18. The molecule has 5 heterocycles. The second-order valence-electron chi connectivity index (χ2n) is 33.1. The van der Waals surface area contributed by atoms with Crippen LogP contribution in [0.4, 0.5) is 0 Å². The summed E-state index contributed by atoms with van der Waals surface area (Å²) in [4.78, 5) is 284. The minimum absolute atomic E-state index is 0.0403. The molecule has 0 saturated carbocycles. The van der Waals surface area contributed by atoms with E-state index >= 15 is 33.6 Å². The average Bonchev–Trinajstić information content (AvgIpc) is 1.65. The highest BCUT2D eigenvalue weighted by molar-refractivity contribution is 8.00. The van der Waals surface area contributed by atoms with E-state index in [-0.39, 0.29) is 76.6 Å². The Labute approximate surface area is 764 Å². The topological polar surface area (TPSA) is 677 Å². The first kappa shape index (κ1) is 104. The standard InChI is InChI=1S/C87H121N21O23S/c1-7-9-20-65-80(124)97-56(28-30-73(116)117)76(120)103-64(75(119)94-41-71(91)114)44-132-45-72(115)95-60(34-47-23-25-50(110)26-24-47)83(127)104(4)46(3)74(118)100-62(38-70(90)113)86(130)107-33-15-22-66(107)81(125)102-63(43-109)79(123)98-58(27-29-69(89)112)85(129)108-42-51(111)37-68(108)82(126)99-59(35-48-39-92-54-18-13-11-16-52(48)54)78(122)96-57(31-32-88)77(121)101-61(36-49-40-93-55-19-14-12-17-53(49)55)84(128)106(6)67(21-10-8-2)87(131)105(65)5/h11-14,16-19,23-26,39-40,46,51,56-68,92-93,109-111H,7-10,15,20-22,27-38,41-45,88H2,1-6H3,(H2,89,112)(H2,90,113)(H2,91,114)(H,94,119)(H,95,115)(H,96,122)(H,97,124)(H,98,123)(H,99,126)(H,100,118)(H,101,121)(H,102,125)(H,103,120)(H,116,117)/t46-,51+,56-,57-,58-,59-,60-,61-,62-,63-,64-,65-,66-,67-,68-/m0/s1. The number of likely N-dealkylation sites (N-methyl/N-ethyl adjacent to an activating group) is 3. The molecule has 15 atom stereocenters. The number of aromatic amines is 2. The van der Waals surface area contributed by atoms with Gasteiger partial charge in [-0.3, -0.25) is 91.1 Å². The quantitative estimate of drug-likeness (QED) is 0.0247. The van der Waals surface area contributed by atoms with Gasteiger partial charge in [-0.1, -0.05) is 88.1 Å². The molecular formula is C87H121N21O23S. The van der Waals surface area contributed by atoms with Gasteiger partial charge in [-0.2, -0.15) is 0 Å². The van der Waals surface area contributed by atoms with Gasteiger partial charge < -0.3 is 131 Å². The molecule has 3 fully saturated rings. The van der Waals surface area contributed by atoms with Crippen LogP contribution in [-0.4, -0.2) is 323 Å². The highest BCUT2D eigenvalue weighted by Gasteiger charge is 2.47. The van der Waals surface area contributed by atoms with Crippen molar-refractivity contribution < 1.29 is 112 Å². The minimum atomic E-state index is -1.95. The number of rotatable bonds is 26. The van der Waals surface area contributed by atoms with E-state index in [1.54, 1.807) is 67.8 Å². The number of H-pyrrole nitrogens is 2. The lowest BCUT2D eigenvalue weighted by Gasteiger charge is -2.36. The van der Waals surface area contributed by atoms with E-state index in [9.17, 15) is 78.0 Å². The lowest BCUT2D eigenvalue weighted by molar-refractivity contribution is -0.149. The summed E-state index contributed by atoms with van der Waals surface area (Å²) >= 11 is 0.694. The van der Waals surface area contributed by atoms with Crippen LogP contribution in [0.1, 0.15) is 134 Å². The maximum atomic E-state index is 15.8. The van der Waals surface area contributed by atoms with Crippen LogP contribution in [0.15, 0.2) is 85.2 Å². The molecule has 132 heavy (non-hydrogen) atoms. The summed E-state index contributed by atoms with van der Waals surface area (Å²) in [6, 6.07) is -3.76. The van der Waals surface area contributed by atoms with Gasteiger partial charge in [0.2, 0.25) is 106 Å². The molecule has 24 N–H and O–H groups in total. The summed E-state index contributed by atoms with van der Waals surface area (Å²) in [6.45, 7) is 1.82. The number of thioether (sulfide) groups is 1. The fourth-order valence-electron chi connectivity index (χ4n) is 16.0. The summed E-state index contributed by atoms with van der Waals surface area (Å²) in [5.41, 5.74) is 25.4. The number of unbranched alkanes of at least 4 members (excludes halogenated alkanes) is 2. The molecule has 3 saturated heterocycles. The molecule has 0 unspecified atom stereocenters. The molecule has 0 spiro atoms. The zero-order chi connectivity index (χ0) is 96.9. The fraction of sp³-hybridized carbons (Fsp3) is 0.529. The number of primary amides is 3. The van der Waals surface area contributed by atoms with Crippen LogP contribution >= 0.6 is 11.8 Å². The Bertz CT molecular complexity index is 5010. The Hall–Kier alpha value is -13.3. The number of aliphatic hydroxyl groups is 2. The number of nitrogens with zero attached hydrogens (tertiary/aromatic N) is 5. The van der Waals surface area contributed by atoms with Crippen molar-refractivity contribution in [1.29, 1.82) is 0 Å². The number of nitrogens with one attached hydrogen (secondary N) is 12. The molecule has 3 aromatic carbocycles. The van der Waals surface area contributed by atoms with Crippen LogP contribution in [0.25, 0.3) is 21.8 Å². The third kappa shape index (κ3) is 28.8. The number of aliphatic hydroxyl groups excluding tert-OH is 2. The van der Waals surface area contributed by atoms with Crippen molar-refractivity contribution in [3.8, 4) is 5.75 Å². The van der Waals surface area contributed by atoms with E-state index in [4.69, 9.17) is 22.9 Å². The summed E-state index contributed by atoms with van der Waals surface area (Å²) < 4.78 is 0. The number of fused-ring (bicyclic) bond motifs is 4. The van der Waals surface area contributed by atoms with E-state index in [2.05, 4.69) is 63.1 Å². The maximum absolute atomic E-state index is 15.8. The number of aliphatic carboxylic acids is 1. The number of carbonyl (C=O) groups excluding carboxylic acids is 18. The largest absolute Gasteiger partial charge is 0.508 e. The van der Waals surface area contributed by atoms with Gasteiger partial charge in [0, 0.05) is 113 Å². The second-order valence-corrected chi connectivity index (χ2v) is 34.1. The molecule has 0 aliphatic carbocycles. The Morgan fingerprint density at radius 3 is 1.61 bits per heavy atom. The minimum Gasteiger partial charge on any atom is -0.508 e. The number of phenols is 1. The molecular weight excluding hydrogens is 1740 g/mol. The number of para-hydroxylation sites is 2. The first-order valence-corrected chi connectivity index (χ1v) is 44.9. The van der Waals surface area contributed by atoms with Gasteiger partial charge >= 0.3 is 5.97 Å². The molecule has 5 aromatic rings. The second kappa shape index (κ2) is 49.6. The third-order valence-electron chi connectivity index (χ3n) is 23.4. The molecule has 18 amide bonds. The number of carboxylic acid groups (broad SMARTS) is 1. The predicted octanol–water partition coefficient (Wildman–Crippen LogP) is -4.72. The lowest BCUT2D eigenvalue weighted by Crippen LogP contribution is -2.61. The number of hydrogen-bond donors (Lipinski definition) is 20.